The first kappa shape index (κ1) is 19.9. The molecule has 0 bridgehead atoms. The van der Waals surface area contributed by atoms with Crippen LogP contribution < -0.4 is 10.6 Å². The molecule has 2 aromatic carbocycles. The zero-order valence-corrected chi connectivity index (χ0v) is 16.3. The normalized spacial score (nSPS) is 16.2. The molecular formula is C23H28N2O3. The van der Waals surface area contributed by atoms with Crippen molar-refractivity contribution in [2.75, 3.05) is 13.7 Å². The topological polar surface area (TPSA) is 67.4 Å². The van der Waals surface area contributed by atoms with E-state index in [4.69, 9.17) is 4.74 Å². The van der Waals surface area contributed by atoms with Crippen LogP contribution in [0.3, 0.4) is 0 Å². The lowest BCUT2D eigenvalue weighted by atomic mass is 9.79. The summed E-state index contributed by atoms with van der Waals surface area (Å²) in [6, 6.07) is 19.4. The third-order valence-electron chi connectivity index (χ3n) is 5.62. The van der Waals surface area contributed by atoms with E-state index < -0.39 is 12.1 Å². The Hall–Kier alpha value is -2.82. The molecule has 0 aliphatic heterocycles. The van der Waals surface area contributed by atoms with Gasteiger partial charge in [0, 0.05) is 18.4 Å². The SMILES string of the molecule is COC(=O)NC(Cc1ccccc1)C(=O)NCC1(c2ccccc2)CCCC1. The lowest BCUT2D eigenvalue weighted by molar-refractivity contribution is -0.123. The zero-order chi connectivity index (χ0) is 19.8. The molecule has 2 N–H and O–H groups in total. The number of benzene rings is 2. The fraction of sp³-hybridized carbons (Fsp3) is 0.391. The summed E-state index contributed by atoms with van der Waals surface area (Å²) in [7, 11) is 1.30. The fourth-order valence-electron chi connectivity index (χ4n) is 4.05. The highest BCUT2D eigenvalue weighted by molar-refractivity contribution is 5.86. The minimum absolute atomic E-state index is 0.0283. The predicted molar refractivity (Wildman–Crippen MR) is 109 cm³/mol. The average Bonchev–Trinajstić information content (AvgIpc) is 3.23. The summed E-state index contributed by atoms with van der Waals surface area (Å²) in [4.78, 5) is 24.7. The van der Waals surface area contributed by atoms with Crippen LogP contribution in [0.4, 0.5) is 4.79 Å². The van der Waals surface area contributed by atoms with Crippen molar-refractivity contribution in [1.82, 2.24) is 10.6 Å². The maximum absolute atomic E-state index is 12.9. The van der Waals surface area contributed by atoms with Crippen LogP contribution in [0.15, 0.2) is 60.7 Å². The Bertz CT molecular complexity index is 771. The summed E-state index contributed by atoms with van der Waals surface area (Å²) >= 11 is 0. The molecule has 1 atom stereocenters. The van der Waals surface area contributed by atoms with Crippen molar-refractivity contribution >= 4 is 12.0 Å². The largest absolute Gasteiger partial charge is 0.453 e. The second-order valence-corrected chi connectivity index (χ2v) is 7.45. The number of methoxy groups -OCH3 is 1. The average molecular weight is 380 g/mol. The number of alkyl carbamates (subject to hydrolysis) is 1. The van der Waals surface area contributed by atoms with Gasteiger partial charge in [-0.05, 0) is 24.0 Å². The molecule has 1 unspecified atom stereocenters. The van der Waals surface area contributed by atoms with Gasteiger partial charge in [0.05, 0.1) is 7.11 Å². The van der Waals surface area contributed by atoms with Crippen molar-refractivity contribution in [3.63, 3.8) is 0 Å². The second-order valence-electron chi connectivity index (χ2n) is 7.45. The molecule has 1 aliphatic carbocycles. The Balaban J connectivity index is 1.70. The second kappa shape index (κ2) is 9.40. The van der Waals surface area contributed by atoms with Crippen molar-refractivity contribution in [1.29, 1.82) is 0 Å². The number of nitrogens with one attached hydrogen (secondary N) is 2. The third-order valence-corrected chi connectivity index (χ3v) is 5.62. The number of ether oxygens (including phenoxy) is 1. The van der Waals surface area contributed by atoms with Crippen LogP contribution in [0.2, 0.25) is 0 Å². The van der Waals surface area contributed by atoms with E-state index in [-0.39, 0.29) is 11.3 Å². The molecule has 0 radical (unpaired) electrons. The molecule has 28 heavy (non-hydrogen) atoms. The van der Waals surface area contributed by atoms with Crippen molar-refractivity contribution in [2.24, 2.45) is 0 Å². The Labute approximate surface area is 166 Å². The minimum atomic E-state index is -0.677. The fourth-order valence-corrected chi connectivity index (χ4v) is 4.05. The van der Waals surface area contributed by atoms with E-state index in [1.165, 1.54) is 25.5 Å². The standard InChI is InChI=1S/C23H28N2O3/c1-28-22(27)25-20(16-18-10-4-2-5-11-18)21(26)24-17-23(14-8-9-15-23)19-12-6-3-7-13-19/h2-7,10-13,20H,8-9,14-17H2,1H3,(H,24,26)(H,25,27). The highest BCUT2D eigenvalue weighted by Crippen LogP contribution is 2.40. The lowest BCUT2D eigenvalue weighted by Crippen LogP contribution is -2.50. The Morgan fingerprint density at radius 1 is 1.00 bits per heavy atom. The van der Waals surface area contributed by atoms with E-state index in [9.17, 15) is 9.59 Å². The van der Waals surface area contributed by atoms with Gasteiger partial charge in [0.1, 0.15) is 6.04 Å². The lowest BCUT2D eigenvalue weighted by Gasteiger charge is -2.31. The summed E-state index contributed by atoms with van der Waals surface area (Å²) in [5, 5.41) is 5.77. The summed E-state index contributed by atoms with van der Waals surface area (Å²) in [5.74, 6) is -0.184. The minimum Gasteiger partial charge on any atom is -0.453 e. The predicted octanol–water partition coefficient (Wildman–Crippen LogP) is 3.58. The highest BCUT2D eigenvalue weighted by atomic mass is 16.5. The van der Waals surface area contributed by atoms with Crippen molar-refractivity contribution in [3.05, 3.63) is 71.8 Å². The molecule has 0 spiro atoms. The van der Waals surface area contributed by atoms with E-state index in [1.807, 2.05) is 48.5 Å². The number of carbonyl (C=O) groups is 2. The summed E-state index contributed by atoms with van der Waals surface area (Å²) in [5.41, 5.74) is 2.23. The van der Waals surface area contributed by atoms with Gasteiger partial charge in [0.25, 0.3) is 0 Å². The van der Waals surface area contributed by atoms with Crippen molar-refractivity contribution in [2.45, 2.75) is 43.6 Å². The maximum Gasteiger partial charge on any atom is 0.407 e. The van der Waals surface area contributed by atoms with Gasteiger partial charge in [0.2, 0.25) is 5.91 Å². The molecule has 1 fully saturated rings. The molecule has 2 amide bonds. The van der Waals surface area contributed by atoms with E-state index >= 15 is 0 Å². The molecule has 0 aromatic heterocycles. The molecule has 3 rings (SSSR count). The molecule has 0 heterocycles. The quantitative estimate of drug-likeness (QED) is 0.771. The first-order valence-electron chi connectivity index (χ1n) is 9.85. The number of amides is 2. The van der Waals surface area contributed by atoms with Gasteiger partial charge in [-0.25, -0.2) is 4.79 Å². The van der Waals surface area contributed by atoms with E-state index in [0.29, 0.717) is 13.0 Å². The van der Waals surface area contributed by atoms with Gasteiger partial charge in [-0.15, -0.1) is 0 Å². The molecule has 0 saturated heterocycles. The molecule has 5 nitrogen and oxygen atoms in total. The number of rotatable bonds is 7. The van der Waals surface area contributed by atoms with E-state index in [1.54, 1.807) is 0 Å². The van der Waals surface area contributed by atoms with E-state index in [0.717, 1.165) is 18.4 Å². The highest BCUT2D eigenvalue weighted by Gasteiger charge is 2.36. The smallest absolute Gasteiger partial charge is 0.407 e. The molecule has 5 heteroatoms. The maximum atomic E-state index is 12.9. The van der Waals surface area contributed by atoms with Gasteiger partial charge in [-0.3, -0.25) is 4.79 Å². The van der Waals surface area contributed by atoms with Crippen LogP contribution in [-0.4, -0.2) is 31.7 Å². The van der Waals surface area contributed by atoms with Gasteiger partial charge in [-0.1, -0.05) is 73.5 Å². The molecule has 2 aromatic rings. The van der Waals surface area contributed by atoms with Crippen molar-refractivity contribution < 1.29 is 14.3 Å². The van der Waals surface area contributed by atoms with Crippen LogP contribution in [0, 0.1) is 0 Å². The molecule has 1 saturated carbocycles. The number of hydrogen-bond donors (Lipinski definition) is 2. The molecule has 1 aliphatic rings. The van der Waals surface area contributed by atoms with Gasteiger partial charge in [-0.2, -0.15) is 0 Å². The van der Waals surface area contributed by atoms with Gasteiger partial charge in [0.15, 0.2) is 0 Å². The van der Waals surface area contributed by atoms with E-state index in [2.05, 4.69) is 22.8 Å². The van der Waals surface area contributed by atoms with Gasteiger partial charge < -0.3 is 15.4 Å². The third kappa shape index (κ3) is 4.91. The Kier molecular flexibility index (Phi) is 6.69. The Morgan fingerprint density at radius 2 is 1.61 bits per heavy atom. The van der Waals surface area contributed by atoms with Crippen LogP contribution in [0.5, 0.6) is 0 Å². The Morgan fingerprint density at radius 3 is 2.21 bits per heavy atom. The molecule has 148 valence electrons. The monoisotopic (exact) mass is 380 g/mol. The van der Waals surface area contributed by atoms with Gasteiger partial charge >= 0.3 is 6.09 Å². The van der Waals surface area contributed by atoms with Crippen LogP contribution >= 0.6 is 0 Å². The van der Waals surface area contributed by atoms with Crippen LogP contribution in [-0.2, 0) is 21.4 Å². The summed E-state index contributed by atoms with van der Waals surface area (Å²) in [6.07, 6.45) is 4.27. The summed E-state index contributed by atoms with van der Waals surface area (Å²) < 4.78 is 4.71. The summed E-state index contributed by atoms with van der Waals surface area (Å²) in [6.45, 7) is 0.573. The van der Waals surface area contributed by atoms with Crippen LogP contribution in [0.1, 0.15) is 36.8 Å². The first-order valence-corrected chi connectivity index (χ1v) is 9.85. The number of hydrogen-bond acceptors (Lipinski definition) is 3. The molecular weight excluding hydrogens is 352 g/mol. The number of carbonyl (C=O) groups excluding carboxylic acids is 2. The van der Waals surface area contributed by atoms with Crippen LogP contribution in [0.25, 0.3) is 0 Å². The zero-order valence-electron chi connectivity index (χ0n) is 16.3. The van der Waals surface area contributed by atoms with Crippen molar-refractivity contribution in [3.8, 4) is 0 Å². The first-order chi connectivity index (χ1) is 13.6.